The van der Waals surface area contributed by atoms with E-state index in [1.165, 1.54) is 6.26 Å². The molecule has 2 rings (SSSR count). The Morgan fingerprint density at radius 2 is 2.00 bits per heavy atom. The van der Waals surface area contributed by atoms with Crippen molar-refractivity contribution in [2.24, 2.45) is 0 Å². The van der Waals surface area contributed by atoms with Crippen LogP contribution in [0.5, 0.6) is 0 Å². The Bertz CT molecular complexity index is 560. The summed E-state index contributed by atoms with van der Waals surface area (Å²) in [4.78, 5) is 12.0. The second-order valence-electron chi connectivity index (χ2n) is 4.30. The molecule has 0 saturated heterocycles. The maximum absolute atomic E-state index is 12.0. The van der Waals surface area contributed by atoms with E-state index in [1.54, 1.807) is 6.07 Å². The molecule has 1 N–H and O–H groups in total. The summed E-state index contributed by atoms with van der Waals surface area (Å²) in [6.07, 6.45) is 1.39. The van der Waals surface area contributed by atoms with Crippen LogP contribution in [0.1, 0.15) is 35.7 Å². The van der Waals surface area contributed by atoms with Gasteiger partial charge in [-0.15, -0.1) is 0 Å². The van der Waals surface area contributed by atoms with Crippen molar-refractivity contribution in [1.29, 1.82) is 0 Å². The van der Waals surface area contributed by atoms with E-state index in [2.05, 4.69) is 19.2 Å². The van der Waals surface area contributed by atoms with Crippen LogP contribution in [0.3, 0.4) is 0 Å². The highest BCUT2D eigenvalue weighted by Gasteiger charge is 2.15. The molecule has 1 heterocycles. The number of furan rings is 1. The van der Waals surface area contributed by atoms with E-state index in [4.69, 9.17) is 16.0 Å². The van der Waals surface area contributed by atoms with Crippen LogP contribution in [0.4, 0.5) is 5.69 Å². The van der Waals surface area contributed by atoms with Gasteiger partial charge in [0.25, 0.3) is 5.91 Å². The minimum absolute atomic E-state index is 0.106. The highest BCUT2D eigenvalue weighted by atomic mass is 35.5. The van der Waals surface area contributed by atoms with Gasteiger partial charge in [-0.2, -0.15) is 0 Å². The van der Waals surface area contributed by atoms with Gasteiger partial charge in [-0.25, -0.2) is 0 Å². The van der Waals surface area contributed by atoms with E-state index in [1.807, 2.05) is 24.3 Å². The SMILES string of the molecule is CC(C)c1ccccc1NC(=O)c1ccoc1Cl. The van der Waals surface area contributed by atoms with Gasteiger partial charge in [-0.1, -0.05) is 32.0 Å². The summed E-state index contributed by atoms with van der Waals surface area (Å²) in [7, 11) is 0. The Hall–Kier alpha value is -1.74. The third kappa shape index (κ3) is 2.57. The van der Waals surface area contributed by atoms with Gasteiger partial charge in [0.1, 0.15) is 0 Å². The molecule has 0 aliphatic carbocycles. The summed E-state index contributed by atoms with van der Waals surface area (Å²) in [5.74, 6) is 0.0724. The molecule has 0 atom stereocenters. The number of carbonyl (C=O) groups excluding carboxylic acids is 1. The first kappa shape index (κ1) is 12.7. The minimum atomic E-state index is -0.262. The number of rotatable bonds is 3. The minimum Gasteiger partial charge on any atom is -0.452 e. The highest BCUT2D eigenvalue weighted by molar-refractivity contribution is 6.32. The van der Waals surface area contributed by atoms with E-state index in [-0.39, 0.29) is 11.1 Å². The largest absolute Gasteiger partial charge is 0.452 e. The number of para-hydroxylation sites is 1. The molecule has 0 bridgehead atoms. The molecule has 0 unspecified atom stereocenters. The molecule has 1 amide bonds. The first-order valence-electron chi connectivity index (χ1n) is 5.73. The fourth-order valence-electron chi connectivity index (χ4n) is 1.76. The molecule has 1 aromatic carbocycles. The molecule has 1 aromatic heterocycles. The molecular formula is C14H14ClNO2. The molecule has 0 aliphatic rings. The van der Waals surface area contributed by atoms with E-state index in [9.17, 15) is 4.79 Å². The highest BCUT2D eigenvalue weighted by Crippen LogP contribution is 2.25. The second-order valence-corrected chi connectivity index (χ2v) is 4.65. The summed E-state index contributed by atoms with van der Waals surface area (Å²) < 4.78 is 4.91. The van der Waals surface area contributed by atoms with Crippen LogP contribution in [-0.2, 0) is 0 Å². The first-order valence-corrected chi connectivity index (χ1v) is 6.10. The number of anilines is 1. The molecule has 0 radical (unpaired) electrons. The average molecular weight is 264 g/mol. The Kier molecular flexibility index (Phi) is 3.72. The monoisotopic (exact) mass is 263 g/mol. The summed E-state index contributed by atoms with van der Waals surface area (Å²) in [5, 5.41) is 2.96. The van der Waals surface area contributed by atoms with E-state index in [0.29, 0.717) is 11.5 Å². The lowest BCUT2D eigenvalue weighted by Gasteiger charge is -2.13. The van der Waals surface area contributed by atoms with Gasteiger partial charge in [0, 0.05) is 5.69 Å². The van der Waals surface area contributed by atoms with Crippen LogP contribution < -0.4 is 5.32 Å². The smallest absolute Gasteiger partial charge is 0.260 e. The molecule has 0 spiro atoms. The van der Waals surface area contributed by atoms with Gasteiger partial charge >= 0.3 is 0 Å². The van der Waals surface area contributed by atoms with Gasteiger partial charge in [0.05, 0.1) is 11.8 Å². The van der Waals surface area contributed by atoms with Crippen LogP contribution in [0.2, 0.25) is 5.22 Å². The van der Waals surface area contributed by atoms with Crippen LogP contribution in [0.25, 0.3) is 0 Å². The zero-order valence-corrected chi connectivity index (χ0v) is 11.0. The fourth-order valence-corrected chi connectivity index (χ4v) is 1.96. The van der Waals surface area contributed by atoms with Crippen LogP contribution in [0.15, 0.2) is 41.0 Å². The molecule has 3 nitrogen and oxygen atoms in total. The van der Waals surface area contributed by atoms with E-state index >= 15 is 0 Å². The number of carbonyl (C=O) groups is 1. The molecule has 0 saturated carbocycles. The van der Waals surface area contributed by atoms with E-state index < -0.39 is 0 Å². The van der Waals surface area contributed by atoms with Crippen molar-refractivity contribution >= 4 is 23.2 Å². The quantitative estimate of drug-likeness (QED) is 0.897. The van der Waals surface area contributed by atoms with Crippen molar-refractivity contribution in [3.05, 3.63) is 52.9 Å². The summed E-state index contributed by atoms with van der Waals surface area (Å²) in [6, 6.07) is 9.27. The molecule has 4 heteroatoms. The molecule has 0 fully saturated rings. The molecular weight excluding hydrogens is 250 g/mol. The average Bonchev–Trinajstić information content (AvgIpc) is 2.76. The zero-order chi connectivity index (χ0) is 13.1. The Morgan fingerprint density at radius 1 is 1.28 bits per heavy atom. The molecule has 18 heavy (non-hydrogen) atoms. The number of halogens is 1. The molecule has 0 aliphatic heterocycles. The van der Waals surface area contributed by atoms with Crippen molar-refractivity contribution in [3.63, 3.8) is 0 Å². The van der Waals surface area contributed by atoms with Crippen molar-refractivity contribution < 1.29 is 9.21 Å². The Labute approximate surface area is 111 Å². The molecule has 94 valence electrons. The number of benzene rings is 1. The summed E-state index contributed by atoms with van der Waals surface area (Å²) in [6.45, 7) is 4.16. The van der Waals surface area contributed by atoms with Crippen molar-refractivity contribution in [2.75, 3.05) is 5.32 Å². The number of hydrogen-bond donors (Lipinski definition) is 1. The fraction of sp³-hybridized carbons (Fsp3) is 0.214. The Balaban J connectivity index is 2.25. The standard InChI is InChI=1S/C14H14ClNO2/c1-9(2)10-5-3-4-6-12(10)16-14(17)11-7-8-18-13(11)15/h3-9H,1-2H3,(H,16,17). The third-order valence-corrected chi connectivity index (χ3v) is 2.99. The maximum Gasteiger partial charge on any atom is 0.260 e. The van der Waals surface area contributed by atoms with Crippen molar-refractivity contribution in [3.8, 4) is 0 Å². The van der Waals surface area contributed by atoms with Crippen LogP contribution >= 0.6 is 11.6 Å². The second kappa shape index (κ2) is 5.27. The van der Waals surface area contributed by atoms with E-state index in [0.717, 1.165) is 11.3 Å². The van der Waals surface area contributed by atoms with Gasteiger partial charge in [-0.3, -0.25) is 4.79 Å². The van der Waals surface area contributed by atoms with Gasteiger partial charge < -0.3 is 9.73 Å². The molecule has 2 aromatic rings. The lowest BCUT2D eigenvalue weighted by atomic mass is 10.0. The number of nitrogens with one attached hydrogen (secondary N) is 1. The van der Waals surface area contributed by atoms with Crippen molar-refractivity contribution in [1.82, 2.24) is 0 Å². The predicted octanol–water partition coefficient (Wildman–Crippen LogP) is 4.31. The lowest BCUT2D eigenvalue weighted by Crippen LogP contribution is -2.13. The zero-order valence-electron chi connectivity index (χ0n) is 10.2. The first-order chi connectivity index (χ1) is 8.59. The van der Waals surface area contributed by atoms with Gasteiger partial charge in [0.2, 0.25) is 5.22 Å². The maximum atomic E-state index is 12.0. The number of hydrogen-bond acceptors (Lipinski definition) is 2. The Morgan fingerprint density at radius 3 is 2.61 bits per heavy atom. The number of amides is 1. The predicted molar refractivity (Wildman–Crippen MR) is 72.2 cm³/mol. The van der Waals surface area contributed by atoms with Crippen LogP contribution in [0, 0.1) is 0 Å². The van der Waals surface area contributed by atoms with Crippen LogP contribution in [-0.4, -0.2) is 5.91 Å². The summed E-state index contributed by atoms with van der Waals surface area (Å²) in [5.41, 5.74) is 2.23. The lowest BCUT2D eigenvalue weighted by molar-refractivity contribution is 0.102. The third-order valence-electron chi connectivity index (χ3n) is 2.69. The normalized spacial score (nSPS) is 10.7. The summed E-state index contributed by atoms with van der Waals surface area (Å²) >= 11 is 5.78. The van der Waals surface area contributed by atoms with Gasteiger partial charge in [0.15, 0.2) is 0 Å². The van der Waals surface area contributed by atoms with Crippen molar-refractivity contribution in [2.45, 2.75) is 19.8 Å². The topological polar surface area (TPSA) is 42.2 Å². The van der Waals surface area contributed by atoms with Gasteiger partial charge in [-0.05, 0) is 35.2 Å².